The summed E-state index contributed by atoms with van der Waals surface area (Å²) in [6.45, 7) is 4.18. The number of carbonyl (C=O) groups is 1. The Labute approximate surface area is 186 Å². The first kappa shape index (κ1) is 22.2. The molecule has 3 aromatic rings. The quantitative estimate of drug-likeness (QED) is 0.299. The molecule has 0 amide bonds. The van der Waals surface area contributed by atoms with Crippen molar-refractivity contribution >= 4 is 40.3 Å². The van der Waals surface area contributed by atoms with E-state index in [1.54, 1.807) is 0 Å². The molecule has 0 spiro atoms. The highest BCUT2D eigenvalue weighted by atomic mass is 32.1. The fourth-order valence-electron chi connectivity index (χ4n) is 3.02. The van der Waals surface area contributed by atoms with Gasteiger partial charge >= 0.3 is 0 Å². The Hall–Kier alpha value is -3.51. The van der Waals surface area contributed by atoms with E-state index in [9.17, 15) is 4.79 Å². The van der Waals surface area contributed by atoms with Crippen molar-refractivity contribution in [1.82, 2.24) is 10.3 Å². The van der Waals surface area contributed by atoms with Crippen molar-refractivity contribution in [2.45, 2.75) is 12.8 Å². The maximum Gasteiger partial charge on any atom is 0.214 e. The minimum Gasteiger partial charge on any atom is -0.473 e. The molecule has 0 radical (unpaired) electrons. The van der Waals surface area contributed by atoms with Crippen molar-refractivity contribution in [3.05, 3.63) is 94.9 Å². The number of ether oxygens (including phenoxy) is 1. The number of para-hydroxylation sites is 1. The van der Waals surface area contributed by atoms with E-state index in [4.69, 9.17) is 4.74 Å². The van der Waals surface area contributed by atoms with E-state index in [1.807, 2.05) is 61.6 Å². The molecule has 0 atom stereocenters. The van der Waals surface area contributed by atoms with Gasteiger partial charge in [0.2, 0.25) is 5.88 Å². The van der Waals surface area contributed by atoms with Crippen LogP contribution in [0.2, 0.25) is 0 Å². The normalized spacial score (nSPS) is 13.4. The van der Waals surface area contributed by atoms with Crippen LogP contribution in [0.25, 0.3) is 15.9 Å². The zero-order chi connectivity index (χ0) is 21.9. The predicted molar refractivity (Wildman–Crippen MR) is 129 cm³/mol. The van der Waals surface area contributed by atoms with Crippen molar-refractivity contribution in [1.29, 1.82) is 0 Å². The summed E-state index contributed by atoms with van der Waals surface area (Å²) in [5.74, 6) is 0.645. The maximum absolute atomic E-state index is 10.3. The molecule has 0 saturated heterocycles. The molecular formula is C25H25N3O2S. The lowest BCUT2D eigenvalue weighted by Gasteiger charge is -2.15. The van der Waals surface area contributed by atoms with Crippen LogP contribution >= 0.6 is 11.3 Å². The predicted octanol–water partition coefficient (Wildman–Crippen LogP) is 5.63. The average Bonchev–Trinajstić information content (AvgIpc) is 3.27. The number of fused-ring (bicyclic) bond motifs is 1. The molecule has 0 fully saturated rings. The molecule has 1 heterocycles. The Kier molecular flexibility index (Phi) is 8.31. The Balaban J connectivity index is 0.000000207. The Morgan fingerprint density at radius 3 is 2.61 bits per heavy atom. The standard InChI is InChI=1S/C17H20N2O.C8H5NOS/c1-18-16(15-11-7-4-8-12-15)17(19-2)20-13-14-9-5-3-6-10-14;10-5-8-9-6-3-1-2-4-7(6)11-8/h4-5,7-12,19H,1,3,6,13H2,2H3;1-5H/b17-16-;. The minimum atomic E-state index is 0.540. The summed E-state index contributed by atoms with van der Waals surface area (Å²) in [5, 5.41) is 3.61. The number of aliphatic imine (C=N–C) groups is 1. The van der Waals surface area contributed by atoms with Crippen molar-refractivity contribution in [2.75, 3.05) is 13.7 Å². The number of hydrogen-bond acceptors (Lipinski definition) is 6. The fraction of sp³-hybridized carbons (Fsp3) is 0.160. The van der Waals surface area contributed by atoms with Crippen LogP contribution in [0.3, 0.4) is 0 Å². The Morgan fingerprint density at radius 1 is 1.19 bits per heavy atom. The molecule has 2 aromatic carbocycles. The van der Waals surface area contributed by atoms with Gasteiger partial charge in [0.05, 0.1) is 10.2 Å². The average molecular weight is 432 g/mol. The molecule has 0 aliphatic heterocycles. The highest BCUT2D eigenvalue weighted by Crippen LogP contribution is 2.21. The van der Waals surface area contributed by atoms with E-state index in [-0.39, 0.29) is 0 Å². The topological polar surface area (TPSA) is 63.6 Å². The lowest BCUT2D eigenvalue weighted by atomic mass is 10.1. The van der Waals surface area contributed by atoms with Crippen LogP contribution in [0.4, 0.5) is 0 Å². The van der Waals surface area contributed by atoms with Gasteiger partial charge in [-0.05, 0) is 37.3 Å². The number of aldehydes is 1. The second kappa shape index (κ2) is 11.6. The van der Waals surface area contributed by atoms with Crippen LogP contribution in [-0.2, 0) is 4.74 Å². The summed E-state index contributed by atoms with van der Waals surface area (Å²) in [6.07, 6.45) is 9.47. The van der Waals surface area contributed by atoms with Gasteiger partial charge < -0.3 is 10.1 Å². The van der Waals surface area contributed by atoms with Crippen LogP contribution in [-0.4, -0.2) is 31.6 Å². The number of thiazole rings is 1. The number of allylic oxidation sites excluding steroid dienone is 2. The molecule has 0 bridgehead atoms. The van der Waals surface area contributed by atoms with Gasteiger partial charge in [0, 0.05) is 12.6 Å². The third kappa shape index (κ3) is 6.23. The van der Waals surface area contributed by atoms with Gasteiger partial charge in [-0.3, -0.25) is 9.79 Å². The largest absolute Gasteiger partial charge is 0.473 e. The van der Waals surface area contributed by atoms with Crippen molar-refractivity contribution in [3.8, 4) is 0 Å². The summed E-state index contributed by atoms with van der Waals surface area (Å²) in [5.41, 5.74) is 3.81. The van der Waals surface area contributed by atoms with E-state index in [1.165, 1.54) is 16.9 Å². The van der Waals surface area contributed by atoms with Gasteiger partial charge in [-0.15, -0.1) is 11.3 Å². The first-order valence-electron chi connectivity index (χ1n) is 9.98. The molecule has 1 aliphatic rings. The van der Waals surface area contributed by atoms with E-state index < -0.39 is 0 Å². The van der Waals surface area contributed by atoms with Crippen molar-refractivity contribution < 1.29 is 9.53 Å². The number of benzene rings is 2. The zero-order valence-corrected chi connectivity index (χ0v) is 18.3. The Morgan fingerprint density at radius 2 is 1.97 bits per heavy atom. The van der Waals surface area contributed by atoms with E-state index in [0.717, 1.165) is 40.6 Å². The molecule has 1 aliphatic carbocycles. The monoisotopic (exact) mass is 431 g/mol. The summed E-state index contributed by atoms with van der Waals surface area (Å²) >= 11 is 1.42. The smallest absolute Gasteiger partial charge is 0.214 e. The maximum atomic E-state index is 10.3. The lowest BCUT2D eigenvalue weighted by Crippen LogP contribution is -2.13. The zero-order valence-electron chi connectivity index (χ0n) is 17.5. The van der Waals surface area contributed by atoms with Crippen LogP contribution in [0, 0.1) is 0 Å². The molecule has 0 saturated carbocycles. The van der Waals surface area contributed by atoms with Gasteiger partial charge in [-0.1, -0.05) is 60.7 Å². The van der Waals surface area contributed by atoms with Gasteiger partial charge in [0.25, 0.3) is 0 Å². The number of hydrogen-bond donors (Lipinski definition) is 1. The molecule has 6 heteroatoms. The van der Waals surface area contributed by atoms with Gasteiger partial charge in [0.1, 0.15) is 12.3 Å². The van der Waals surface area contributed by atoms with Crippen LogP contribution < -0.4 is 5.32 Å². The summed E-state index contributed by atoms with van der Waals surface area (Å²) in [6, 6.07) is 17.6. The third-order valence-electron chi connectivity index (χ3n) is 4.51. The second-order valence-electron chi connectivity index (χ2n) is 6.64. The van der Waals surface area contributed by atoms with Gasteiger partial charge in [-0.2, -0.15) is 0 Å². The minimum absolute atomic E-state index is 0.540. The van der Waals surface area contributed by atoms with Crippen LogP contribution in [0.15, 0.2) is 89.3 Å². The first-order chi connectivity index (χ1) is 15.2. The highest BCUT2D eigenvalue weighted by Gasteiger charge is 2.09. The lowest BCUT2D eigenvalue weighted by molar-refractivity contribution is 0.112. The van der Waals surface area contributed by atoms with Crippen LogP contribution in [0.1, 0.15) is 28.2 Å². The molecule has 31 heavy (non-hydrogen) atoms. The SMILES string of the molecule is C=N/C(=C(/NC)OCC1=CCCC=C1)c1ccccc1.O=Cc1nc2ccccc2s1. The molecule has 1 aromatic heterocycles. The molecule has 0 unspecified atom stereocenters. The summed E-state index contributed by atoms with van der Waals surface area (Å²) < 4.78 is 6.92. The number of carbonyl (C=O) groups excluding carboxylic acids is 1. The molecule has 158 valence electrons. The fourth-order valence-corrected chi connectivity index (χ4v) is 3.80. The van der Waals surface area contributed by atoms with Crippen molar-refractivity contribution in [3.63, 3.8) is 0 Å². The van der Waals surface area contributed by atoms with Crippen LogP contribution in [0.5, 0.6) is 0 Å². The number of aromatic nitrogens is 1. The number of rotatable bonds is 7. The molecule has 1 N–H and O–H groups in total. The van der Waals surface area contributed by atoms with Crippen molar-refractivity contribution in [2.24, 2.45) is 4.99 Å². The number of nitrogens with zero attached hydrogens (tertiary/aromatic N) is 2. The van der Waals surface area contributed by atoms with E-state index >= 15 is 0 Å². The van der Waals surface area contributed by atoms with E-state index in [0.29, 0.717) is 17.5 Å². The van der Waals surface area contributed by atoms with Gasteiger partial charge in [0.15, 0.2) is 11.3 Å². The van der Waals surface area contributed by atoms with Gasteiger partial charge in [-0.25, -0.2) is 4.98 Å². The summed E-state index contributed by atoms with van der Waals surface area (Å²) in [7, 11) is 1.83. The number of nitrogens with one attached hydrogen (secondary N) is 1. The highest BCUT2D eigenvalue weighted by molar-refractivity contribution is 7.19. The first-order valence-corrected chi connectivity index (χ1v) is 10.8. The third-order valence-corrected chi connectivity index (χ3v) is 5.48. The molecule has 5 nitrogen and oxygen atoms in total. The second-order valence-corrected chi connectivity index (χ2v) is 7.70. The van der Waals surface area contributed by atoms with E-state index in [2.05, 4.69) is 40.2 Å². The molecular weight excluding hydrogens is 406 g/mol. The Bertz CT molecular complexity index is 1080. The molecule has 4 rings (SSSR count). The summed E-state index contributed by atoms with van der Waals surface area (Å²) in [4.78, 5) is 18.5.